The van der Waals surface area contributed by atoms with Crippen molar-refractivity contribution in [2.45, 2.75) is 31.7 Å². The van der Waals surface area contributed by atoms with Crippen molar-refractivity contribution in [2.24, 2.45) is 0 Å². The lowest BCUT2D eigenvalue weighted by molar-refractivity contribution is -0.121. The van der Waals surface area contributed by atoms with E-state index in [1.807, 2.05) is 49.4 Å². The predicted octanol–water partition coefficient (Wildman–Crippen LogP) is 4.55. The largest absolute Gasteiger partial charge is 0.472 e. The summed E-state index contributed by atoms with van der Waals surface area (Å²) in [4.78, 5) is 12.6. The van der Waals surface area contributed by atoms with Crippen molar-refractivity contribution >= 4 is 5.91 Å². The number of nitrogens with one attached hydrogen (secondary N) is 1. The van der Waals surface area contributed by atoms with Crippen LogP contribution in [-0.2, 0) is 11.2 Å². The molecule has 1 atom stereocenters. The normalized spacial score (nSPS) is 12.1. The number of carbonyl (C=O) groups is 1. The lowest BCUT2D eigenvalue weighted by atomic mass is 9.88. The summed E-state index contributed by atoms with van der Waals surface area (Å²) in [5.41, 5.74) is 3.41. The van der Waals surface area contributed by atoms with Crippen LogP contribution in [0.4, 0.5) is 0 Å². The first-order valence-electron chi connectivity index (χ1n) is 8.62. The van der Waals surface area contributed by atoms with Gasteiger partial charge in [-0.15, -0.1) is 0 Å². The molecule has 3 nitrogen and oxygen atoms in total. The fraction of sp³-hybridized carbons (Fsp3) is 0.227. The highest BCUT2D eigenvalue weighted by atomic mass is 16.3. The van der Waals surface area contributed by atoms with E-state index >= 15 is 0 Å². The van der Waals surface area contributed by atoms with Crippen molar-refractivity contribution in [3.05, 3.63) is 95.9 Å². The van der Waals surface area contributed by atoms with Gasteiger partial charge in [0.25, 0.3) is 0 Å². The highest BCUT2D eigenvalue weighted by Gasteiger charge is 2.19. The van der Waals surface area contributed by atoms with Gasteiger partial charge in [0.2, 0.25) is 5.91 Å². The number of furan rings is 1. The lowest BCUT2D eigenvalue weighted by Gasteiger charge is -2.20. The van der Waals surface area contributed by atoms with Gasteiger partial charge in [0.1, 0.15) is 0 Å². The lowest BCUT2D eigenvalue weighted by Crippen LogP contribution is -2.34. The summed E-state index contributed by atoms with van der Waals surface area (Å²) in [6, 6.07) is 22.4. The van der Waals surface area contributed by atoms with Crippen molar-refractivity contribution < 1.29 is 9.21 Å². The van der Waals surface area contributed by atoms with Crippen LogP contribution in [0.1, 0.15) is 36.0 Å². The predicted molar refractivity (Wildman–Crippen MR) is 99.4 cm³/mol. The summed E-state index contributed by atoms with van der Waals surface area (Å²) < 4.78 is 5.09. The van der Waals surface area contributed by atoms with Crippen molar-refractivity contribution in [3.8, 4) is 0 Å². The Kier molecular flexibility index (Phi) is 5.68. The van der Waals surface area contributed by atoms with Crippen molar-refractivity contribution in [2.75, 3.05) is 0 Å². The molecule has 0 fully saturated rings. The van der Waals surface area contributed by atoms with E-state index in [0.29, 0.717) is 6.42 Å². The number of rotatable bonds is 7. The Balaban J connectivity index is 1.68. The molecule has 0 spiro atoms. The van der Waals surface area contributed by atoms with Gasteiger partial charge in [0, 0.05) is 18.4 Å². The molecule has 128 valence electrons. The number of amides is 1. The first-order valence-corrected chi connectivity index (χ1v) is 8.62. The van der Waals surface area contributed by atoms with E-state index in [2.05, 4.69) is 29.6 Å². The van der Waals surface area contributed by atoms with Crippen LogP contribution >= 0.6 is 0 Å². The Hall–Kier alpha value is -2.81. The van der Waals surface area contributed by atoms with Crippen LogP contribution in [0.2, 0.25) is 0 Å². The quantitative estimate of drug-likeness (QED) is 0.689. The summed E-state index contributed by atoms with van der Waals surface area (Å²) in [5, 5.41) is 3.11. The molecular formula is C22H23NO2. The zero-order chi connectivity index (χ0) is 17.5. The Morgan fingerprint density at radius 3 is 2.08 bits per heavy atom. The molecule has 2 aromatic carbocycles. The van der Waals surface area contributed by atoms with Crippen LogP contribution < -0.4 is 5.32 Å². The van der Waals surface area contributed by atoms with Gasteiger partial charge in [0.05, 0.1) is 12.5 Å². The highest BCUT2D eigenvalue weighted by molar-refractivity contribution is 5.77. The van der Waals surface area contributed by atoms with E-state index in [1.54, 1.807) is 12.5 Å². The minimum Gasteiger partial charge on any atom is -0.472 e. The number of carbonyl (C=O) groups excluding carboxylic acids is 1. The van der Waals surface area contributed by atoms with Crippen molar-refractivity contribution in [1.29, 1.82) is 0 Å². The molecule has 0 bridgehead atoms. The smallest absolute Gasteiger partial charge is 0.221 e. The van der Waals surface area contributed by atoms with Crippen molar-refractivity contribution in [3.63, 3.8) is 0 Å². The third-order valence-corrected chi connectivity index (χ3v) is 4.32. The molecule has 0 aliphatic heterocycles. The third-order valence-electron chi connectivity index (χ3n) is 4.32. The summed E-state index contributed by atoms with van der Waals surface area (Å²) in [6.45, 7) is 2.02. The Morgan fingerprint density at radius 1 is 0.960 bits per heavy atom. The Bertz CT molecular complexity index is 727. The molecule has 3 heteroatoms. The molecule has 0 aliphatic carbocycles. The summed E-state index contributed by atoms with van der Waals surface area (Å²) in [7, 11) is 0. The minimum absolute atomic E-state index is 0.0588. The first kappa shape index (κ1) is 17.0. The van der Waals surface area contributed by atoms with Crippen LogP contribution in [0, 0.1) is 0 Å². The van der Waals surface area contributed by atoms with E-state index in [9.17, 15) is 4.79 Å². The van der Waals surface area contributed by atoms with E-state index in [1.165, 1.54) is 0 Å². The topological polar surface area (TPSA) is 42.2 Å². The van der Waals surface area contributed by atoms with Gasteiger partial charge in [-0.2, -0.15) is 0 Å². The molecule has 0 saturated carbocycles. The maximum Gasteiger partial charge on any atom is 0.221 e. The summed E-state index contributed by atoms with van der Waals surface area (Å²) in [6.07, 6.45) is 4.58. The molecule has 0 aliphatic rings. The maximum atomic E-state index is 12.6. The molecule has 1 unspecified atom stereocenters. The van der Waals surface area contributed by atoms with Gasteiger partial charge in [-0.1, -0.05) is 60.7 Å². The van der Waals surface area contributed by atoms with E-state index in [0.717, 1.165) is 23.1 Å². The highest BCUT2D eigenvalue weighted by Crippen LogP contribution is 2.27. The second-order valence-electron chi connectivity index (χ2n) is 6.38. The van der Waals surface area contributed by atoms with Crippen LogP contribution in [0.3, 0.4) is 0 Å². The fourth-order valence-electron chi connectivity index (χ4n) is 3.13. The SMILES string of the molecule is CC(Cc1ccoc1)NC(=O)CC(c1ccccc1)c1ccccc1. The second-order valence-corrected chi connectivity index (χ2v) is 6.38. The second kappa shape index (κ2) is 8.34. The van der Waals surface area contributed by atoms with E-state index in [-0.39, 0.29) is 17.9 Å². The van der Waals surface area contributed by atoms with Gasteiger partial charge < -0.3 is 9.73 Å². The van der Waals surface area contributed by atoms with E-state index in [4.69, 9.17) is 4.42 Å². The van der Waals surface area contributed by atoms with Gasteiger partial charge in [0.15, 0.2) is 0 Å². The molecule has 1 amide bonds. The molecule has 3 rings (SSSR count). The first-order chi connectivity index (χ1) is 12.2. The number of hydrogen-bond acceptors (Lipinski definition) is 2. The van der Waals surface area contributed by atoms with E-state index < -0.39 is 0 Å². The van der Waals surface area contributed by atoms with Crippen LogP contribution in [0.15, 0.2) is 83.7 Å². The molecule has 25 heavy (non-hydrogen) atoms. The van der Waals surface area contributed by atoms with Crippen LogP contribution in [0.25, 0.3) is 0 Å². The Labute approximate surface area is 148 Å². The zero-order valence-electron chi connectivity index (χ0n) is 14.4. The minimum atomic E-state index is 0.0588. The fourth-order valence-corrected chi connectivity index (χ4v) is 3.13. The van der Waals surface area contributed by atoms with Gasteiger partial charge in [-0.05, 0) is 36.1 Å². The average molecular weight is 333 g/mol. The van der Waals surface area contributed by atoms with Gasteiger partial charge >= 0.3 is 0 Å². The summed E-state index contributed by atoms with van der Waals surface area (Å²) in [5.74, 6) is 0.122. The van der Waals surface area contributed by atoms with Crippen LogP contribution in [-0.4, -0.2) is 11.9 Å². The molecule has 0 saturated heterocycles. The maximum absolute atomic E-state index is 12.6. The number of benzene rings is 2. The molecule has 0 radical (unpaired) electrons. The monoisotopic (exact) mass is 333 g/mol. The standard InChI is InChI=1S/C22H23NO2/c1-17(14-18-12-13-25-16-18)23-22(24)15-21(19-8-4-2-5-9-19)20-10-6-3-7-11-20/h2-13,16-17,21H,14-15H2,1H3,(H,23,24). The molecule has 1 heterocycles. The summed E-state index contributed by atoms with van der Waals surface area (Å²) >= 11 is 0. The molecule has 1 N–H and O–H groups in total. The van der Waals surface area contributed by atoms with Gasteiger partial charge in [-0.3, -0.25) is 4.79 Å². The molecular weight excluding hydrogens is 310 g/mol. The molecule has 1 aromatic heterocycles. The number of hydrogen-bond donors (Lipinski definition) is 1. The average Bonchev–Trinajstić information content (AvgIpc) is 3.14. The van der Waals surface area contributed by atoms with Crippen LogP contribution in [0.5, 0.6) is 0 Å². The zero-order valence-corrected chi connectivity index (χ0v) is 14.4. The molecule has 3 aromatic rings. The van der Waals surface area contributed by atoms with Crippen molar-refractivity contribution in [1.82, 2.24) is 5.32 Å². The Morgan fingerprint density at radius 2 is 1.56 bits per heavy atom. The van der Waals surface area contributed by atoms with Gasteiger partial charge in [-0.25, -0.2) is 0 Å². The third kappa shape index (κ3) is 4.83.